The summed E-state index contributed by atoms with van der Waals surface area (Å²) in [5.74, 6) is -1.34. The first-order valence-electron chi connectivity index (χ1n) is 8.57. The number of rotatable bonds is 4. The van der Waals surface area contributed by atoms with E-state index in [4.69, 9.17) is 14.2 Å². The van der Waals surface area contributed by atoms with Crippen LogP contribution in [0.2, 0.25) is 0 Å². The van der Waals surface area contributed by atoms with Crippen molar-refractivity contribution in [1.29, 1.82) is 0 Å². The zero-order chi connectivity index (χ0) is 21.1. The summed E-state index contributed by atoms with van der Waals surface area (Å²) in [6.45, 7) is 3.79. The van der Waals surface area contributed by atoms with E-state index < -0.39 is 18.2 Å². The van der Waals surface area contributed by atoms with Gasteiger partial charge in [-0.1, -0.05) is 22.0 Å². The van der Waals surface area contributed by atoms with Crippen molar-refractivity contribution in [3.05, 3.63) is 58.1 Å². The lowest BCUT2D eigenvalue weighted by molar-refractivity contribution is -0.136. The molecule has 0 bridgehead atoms. The molecule has 1 unspecified atom stereocenters. The molecule has 9 heteroatoms. The molecule has 0 radical (unpaired) electrons. The van der Waals surface area contributed by atoms with Crippen LogP contribution in [-0.4, -0.2) is 28.8 Å². The smallest absolute Gasteiger partial charge is 0.308 e. The number of benzene rings is 2. The van der Waals surface area contributed by atoms with Crippen LogP contribution in [-0.2, 0) is 19.1 Å². The highest BCUT2D eigenvalue weighted by Crippen LogP contribution is 2.41. The predicted octanol–water partition coefficient (Wildman–Crippen LogP) is 3.54. The van der Waals surface area contributed by atoms with Gasteiger partial charge in [0.15, 0.2) is 11.5 Å². The van der Waals surface area contributed by atoms with Gasteiger partial charge >= 0.3 is 11.9 Å². The zero-order valence-electron chi connectivity index (χ0n) is 15.8. The van der Waals surface area contributed by atoms with Gasteiger partial charge in [0.05, 0.1) is 5.56 Å². The number of hydrogen-bond acceptors (Lipinski definition) is 7. The molecule has 150 valence electrons. The highest BCUT2D eigenvalue weighted by atomic mass is 79.9. The number of amides is 1. The number of carbonyl (C=O) groups is 3. The molecule has 2 aromatic carbocycles. The molecule has 29 heavy (non-hydrogen) atoms. The molecule has 0 fully saturated rings. The Morgan fingerprint density at radius 3 is 2.24 bits per heavy atom. The monoisotopic (exact) mass is 460 g/mol. The Bertz CT molecular complexity index is 1000. The number of hydrazone groups is 1. The van der Waals surface area contributed by atoms with Gasteiger partial charge in [-0.3, -0.25) is 14.4 Å². The average molecular weight is 461 g/mol. The number of carbonyl (C=O) groups excluding carboxylic acids is 3. The number of nitrogens with zero attached hydrogens (tertiary/aromatic N) is 2. The van der Waals surface area contributed by atoms with Crippen LogP contribution < -0.4 is 9.47 Å². The first kappa shape index (κ1) is 20.5. The van der Waals surface area contributed by atoms with Crippen LogP contribution in [0.25, 0.3) is 0 Å². The minimum absolute atomic E-state index is 0.0151. The summed E-state index contributed by atoms with van der Waals surface area (Å²) >= 11 is 3.36. The van der Waals surface area contributed by atoms with Crippen molar-refractivity contribution in [2.24, 2.45) is 5.10 Å². The van der Waals surface area contributed by atoms with E-state index in [1.54, 1.807) is 24.3 Å². The van der Waals surface area contributed by atoms with Gasteiger partial charge in [0.25, 0.3) is 0 Å². The lowest BCUT2D eigenvalue weighted by atomic mass is 10.1. The molecule has 0 spiro atoms. The fourth-order valence-electron chi connectivity index (χ4n) is 2.69. The van der Waals surface area contributed by atoms with Crippen molar-refractivity contribution in [3.63, 3.8) is 0 Å². The quantitative estimate of drug-likeness (QED) is 0.511. The lowest BCUT2D eigenvalue weighted by Crippen LogP contribution is -2.26. The molecule has 1 atom stereocenters. The summed E-state index contributed by atoms with van der Waals surface area (Å²) in [4.78, 5) is 35.3. The number of esters is 2. The maximum absolute atomic E-state index is 12.2. The van der Waals surface area contributed by atoms with Crippen molar-refractivity contribution >= 4 is 39.7 Å². The van der Waals surface area contributed by atoms with Crippen LogP contribution in [0.1, 0.15) is 38.1 Å². The number of ether oxygens (including phenoxy) is 3. The summed E-state index contributed by atoms with van der Waals surface area (Å²) in [7, 11) is 0. The number of hydrogen-bond donors (Lipinski definition) is 0. The molecule has 3 rings (SSSR count). The molecule has 0 aliphatic carbocycles. The zero-order valence-corrected chi connectivity index (χ0v) is 17.4. The number of para-hydroxylation sites is 1. The van der Waals surface area contributed by atoms with Gasteiger partial charge in [0.1, 0.15) is 0 Å². The van der Waals surface area contributed by atoms with E-state index in [0.717, 1.165) is 9.48 Å². The summed E-state index contributed by atoms with van der Waals surface area (Å²) in [6, 6.07) is 11.9. The molecule has 0 aromatic heterocycles. The normalized spacial score (nSPS) is 15.4. The van der Waals surface area contributed by atoms with Crippen LogP contribution in [0.4, 0.5) is 0 Å². The Morgan fingerprint density at radius 2 is 1.66 bits per heavy atom. The van der Waals surface area contributed by atoms with Gasteiger partial charge in [0, 0.05) is 30.8 Å². The van der Waals surface area contributed by atoms with Crippen LogP contribution in [0, 0.1) is 0 Å². The van der Waals surface area contributed by atoms with E-state index in [1.165, 1.54) is 26.8 Å². The summed E-state index contributed by atoms with van der Waals surface area (Å²) in [5.41, 5.74) is 0.970. The van der Waals surface area contributed by atoms with Crippen LogP contribution >= 0.6 is 15.9 Å². The third kappa shape index (κ3) is 4.62. The third-order valence-corrected chi connectivity index (χ3v) is 4.36. The molecule has 0 N–H and O–H groups in total. The highest BCUT2D eigenvalue weighted by Gasteiger charge is 2.36. The topological polar surface area (TPSA) is 94.5 Å². The van der Waals surface area contributed by atoms with Gasteiger partial charge in [-0.2, -0.15) is 5.01 Å². The molecule has 0 saturated heterocycles. The van der Waals surface area contributed by atoms with Crippen molar-refractivity contribution < 1.29 is 28.6 Å². The Labute approximate surface area is 175 Å². The Morgan fingerprint density at radius 1 is 1.00 bits per heavy atom. The second kappa shape index (κ2) is 8.44. The van der Waals surface area contributed by atoms with E-state index in [1.807, 2.05) is 12.1 Å². The van der Waals surface area contributed by atoms with E-state index in [9.17, 15) is 14.4 Å². The summed E-state index contributed by atoms with van der Waals surface area (Å²) in [5, 5.41) is 5.41. The molecule has 0 saturated carbocycles. The summed E-state index contributed by atoms with van der Waals surface area (Å²) < 4.78 is 17.3. The first-order chi connectivity index (χ1) is 13.8. The van der Waals surface area contributed by atoms with Gasteiger partial charge < -0.3 is 14.2 Å². The van der Waals surface area contributed by atoms with Crippen molar-refractivity contribution in [1.82, 2.24) is 5.01 Å². The van der Waals surface area contributed by atoms with Gasteiger partial charge in [-0.15, -0.1) is 5.10 Å². The largest absolute Gasteiger partial charge is 0.446 e. The molecule has 1 aliphatic rings. The van der Waals surface area contributed by atoms with Gasteiger partial charge in [0.2, 0.25) is 18.0 Å². The Kier molecular flexibility index (Phi) is 5.97. The fraction of sp³-hybridized carbons (Fsp3) is 0.200. The minimum Gasteiger partial charge on any atom is -0.446 e. The van der Waals surface area contributed by atoms with Crippen LogP contribution in [0.5, 0.6) is 11.5 Å². The van der Waals surface area contributed by atoms with E-state index in [-0.39, 0.29) is 23.3 Å². The Hall–Kier alpha value is -3.20. The van der Waals surface area contributed by atoms with E-state index >= 15 is 0 Å². The van der Waals surface area contributed by atoms with Crippen molar-refractivity contribution in [2.45, 2.75) is 27.0 Å². The van der Waals surface area contributed by atoms with Crippen LogP contribution in [0.3, 0.4) is 0 Å². The van der Waals surface area contributed by atoms with Crippen molar-refractivity contribution in [3.8, 4) is 11.5 Å². The Balaban J connectivity index is 2.04. The third-order valence-electron chi connectivity index (χ3n) is 3.83. The number of halogens is 1. The second-order valence-electron chi connectivity index (χ2n) is 6.11. The standard InChI is InChI=1S/C20H17BrN2O6/c1-11(24)23-20(29-19(22-23)14-7-9-15(21)10-8-14)16-5-4-6-17(27-12(2)25)18(16)28-13(3)26/h4-10,20H,1-3H3. The molecule has 1 heterocycles. The van der Waals surface area contributed by atoms with Crippen molar-refractivity contribution in [2.75, 3.05) is 0 Å². The molecule has 2 aromatic rings. The fourth-order valence-corrected chi connectivity index (χ4v) is 2.96. The van der Waals surface area contributed by atoms with Gasteiger partial charge in [-0.25, -0.2) is 0 Å². The highest BCUT2D eigenvalue weighted by molar-refractivity contribution is 9.10. The lowest BCUT2D eigenvalue weighted by Gasteiger charge is -2.22. The van der Waals surface area contributed by atoms with E-state index in [0.29, 0.717) is 11.1 Å². The molecule has 1 aliphatic heterocycles. The minimum atomic E-state index is -1.00. The molecule has 1 amide bonds. The second-order valence-corrected chi connectivity index (χ2v) is 7.02. The maximum Gasteiger partial charge on any atom is 0.308 e. The first-order valence-corrected chi connectivity index (χ1v) is 9.36. The predicted molar refractivity (Wildman–Crippen MR) is 106 cm³/mol. The average Bonchev–Trinajstić information content (AvgIpc) is 3.08. The maximum atomic E-state index is 12.2. The molecular formula is C20H17BrN2O6. The molecule has 8 nitrogen and oxygen atoms in total. The van der Waals surface area contributed by atoms with Crippen LogP contribution in [0.15, 0.2) is 52.0 Å². The van der Waals surface area contributed by atoms with E-state index in [2.05, 4.69) is 21.0 Å². The van der Waals surface area contributed by atoms with Gasteiger partial charge in [-0.05, 0) is 36.4 Å². The summed E-state index contributed by atoms with van der Waals surface area (Å²) in [6.07, 6.45) is -1.00. The SMILES string of the molecule is CC(=O)Oc1cccc(C2OC(c3ccc(Br)cc3)=NN2C(C)=O)c1OC(C)=O. The molecular weight excluding hydrogens is 444 g/mol.